The predicted molar refractivity (Wildman–Crippen MR) is 81.3 cm³/mol. The van der Waals surface area contributed by atoms with E-state index in [2.05, 4.69) is 9.97 Å². The highest BCUT2D eigenvalue weighted by Crippen LogP contribution is 2.28. The molecule has 0 radical (unpaired) electrons. The lowest BCUT2D eigenvalue weighted by molar-refractivity contribution is -0.112. The Balaban J connectivity index is 2.18. The van der Waals surface area contributed by atoms with Gasteiger partial charge in [-0.25, -0.2) is 4.98 Å². The molecular formula is C16H13N3O2. The van der Waals surface area contributed by atoms with E-state index in [0.717, 1.165) is 16.6 Å². The van der Waals surface area contributed by atoms with Crippen molar-refractivity contribution in [3.63, 3.8) is 0 Å². The number of aromatic amines is 1. The van der Waals surface area contributed by atoms with Gasteiger partial charge >= 0.3 is 0 Å². The number of phenols is 1. The molecule has 0 aliphatic carbocycles. The molecule has 5 nitrogen and oxygen atoms in total. The average Bonchev–Trinajstić information content (AvgIpc) is 2.89. The summed E-state index contributed by atoms with van der Waals surface area (Å²) in [5.74, 6) is -0.588. The van der Waals surface area contributed by atoms with Gasteiger partial charge in [-0.05, 0) is 24.3 Å². The van der Waals surface area contributed by atoms with Gasteiger partial charge in [0.15, 0.2) is 0 Å². The fourth-order valence-corrected chi connectivity index (χ4v) is 2.24. The van der Waals surface area contributed by atoms with Crippen LogP contribution in [0.5, 0.6) is 5.75 Å². The van der Waals surface area contributed by atoms with Gasteiger partial charge in [-0.15, -0.1) is 0 Å². The molecule has 0 saturated carbocycles. The van der Waals surface area contributed by atoms with E-state index in [0.29, 0.717) is 5.56 Å². The quantitative estimate of drug-likeness (QED) is 0.642. The Labute approximate surface area is 120 Å². The van der Waals surface area contributed by atoms with E-state index in [4.69, 9.17) is 5.73 Å². The molecule has 21 heavy (non-hydrogen) atoms. The molecule has 0 saturated heterocycles. The minimum absolute atomic E-state index is 0.0144. The number of aromatic nitrogens is 2. The zero-order valence-corrected chi connectivity index (χ0v) is 11.1. The first-order valence-corrected chi connectivity index (χ1v) is 6.39. The normalized spacial score (nSPS) is 11.7. The molecule has 0 bridgehead atoms. The number of amides is 1. The third-order valence-corrected chi connectivity index (χ3v) is 3.24. The molecule has 5 heteroatoms. The second kappa shape index (κ2) is 5.13. The zero-order valence-electron chi connectivity index (χ0n) is 11.1. The molecule has 0 fully saturated rings. The number of phenolic OH excluding ortho intramolecular Hbond substituents is 1. The van der Waals surface area contributed by atoms with E-state index in [1.807, 2.05) is 12.1 Å². The van der Waals surface area contributed by atoms with Crippen LogP contribution in [-0.2, 0) is 4.79 Å². The van der Waals surface area contributed by atoms with Crippen LogP contribution in [0.25, 0.3) is 22.7 Å². The molecule has 1 amide bonds. The summed E-state index contributed by atoms with van der Waals surface area (Å²) in [5.41, 5.74) is 7.62. The molecule has 0 spiro atoms. The summed E-state index contributed by atoms with van der Waals surface area (Å²) in [7, 11) is 0. The number of benzene rings is 1. The van der Waals surface area contributed by atoms with E-state index >= 15 is 0 Å². The van der Waals surface area contributed by atoms with Crippen LogP contribution in [0.2, 0.25) is 0 Å². The topological polar surface area (TPSA) is 92.0 Å². The smallest absolute Gasteiger partial charge is 0.249 e. The van der Waals surface area contributed by atoms with Gasteiger partial charge in [0.05, 0.1) is 5.57 Å². The minimum atomic E-state index is -0.602. The molecular weight excluding hydrogens is 266 g/mol. The number of rotatable bonds is 3. The number of nitrogens with one attached hydrogen (secondary N) is 1. The number of fused-ring (bicyclic) bond motifs is 1. The van der Waals surface area contributed by atoms with Crippen molar-refractivity contribution in [3.8, 4) is 5.75 Å². The van der Waals surface area contributed by atoms with Crippen molar-refractivity contribution in [2.45, 2.75) is 0 Å². The Morgan fingerprint density at radius 3 is 2.81 bits per heavy atom. The summed E-state index contributed by atoms with van der Waals surface area (Å²) in [5, 5.41) is 10.8. The maximum absolute atomic E-state index is 11.7. The average molecular weight is 279 g/mol. The Morgan fingerprint density at radius 2 is 2.05 bits per heavy atom. The number of carbonyl (C=O) groups is 1. The monoisotopic (exact) mass is 279 g/mol. The number of carbonyl (C=O) groups excluding carboxylic acids is 1. The van der Waals surface area contributed by atoms with Crippen LogP contribution >= 0.6 is 0 Å². The second-order valence-electron chi connectivity index (χ2n) is 4.58. The van der Waals surface area contributed by atoms with Crippen molar-refractivity contribution < 1.29 is 9.90 Å². The fraction of sp³-hybridized carbons (Fsp3) is 0. The van der Waals surface area contributed by atoms with Crippen molar-refractivity contribution >= 4 is 28.6 Å². The number of para-hydroxylation sites is 1. The number of pyridine rings is 1. The molecule has 104 valence electrons. The lowest BCUT2D eigenvalue weighted by Gasteiger charge is -2.06. The molecule has 1 aromatic carbocycles. The maximum atomic E-state index is 11.7. The van der Waals surface area contributed by atoms with Gasteiger partial charge < -0.3 is 15.8 Å². The second-order valence-corrected chi connectivity index (χ2v) is 4.58. The van der Waals surface area contributed by atoms with Crippen LogP contribution in [0, 0.1) is 0 Å². The van der Waals surface area contributed by atoms with Gasteiger partial charge in [-0.1, -0.05) is 18.2 Å². The molecule has 3 rings (SSSR count). The van der Waals surface area contributed by atoms with Gasteiger partial charge in [-0.3, -0.25) is 4.79 Å². The Hall–Kier alpha value is -3.08. The number of aromatic hydroxyl groups is 1. The Morgan fingerprint density at radius 1 is 1.24 bits per heavy atom. The van der Waals surface area contributed by atoms with Gasteiger partial charge in [-0.2, -0.15) is 0 Å². The van der Waals surface area contributed by atoms with Crippen LogP contribution in [0.3, 0.4) is 0 Å². The van der Waals surface area contributed by atoms with Gasteiger partial charge in [0.2, 0.25) is 5.91 Å². The molecule has 0 aliphatic heterocycles. The zero-order chi connectivity index (χ0) is 14.8. The van der Waals surface area contributed by atoms with E-state index in [-0.39, 0.29) is 11.3 Å². The SMILES string of the molecule is NC(=O)/C(=C\c1c[nH]c2ncccc12)c1ccccc1O. The highest BCUT2D eigenvalue weighted by Gasteiger charge is 2.13. The standard InChI is InChI=1S/C16H13N3O2/c17-15(21)13(12-4-1-2-6-14(12)20)8-10-9-19-16-11(10)5-3-7-18-16/h1-9,20H,(H2,17,21)(H,18,19)/b13-8-. The highest BCUT2D eigenvalue weighted by atomic mass is 16.3. The predicted octanol–water partition coefficient (Wildman–Crippen LogP) is 2.29. The summed E-state index contributed by atoms with van der Waals surface area (Å²) >= 11 is 0. The van der Waals surface area contributed by atoms with Crippen LogP contribution in [0.4, 0.5) is 0 Å². The number of nitrogens with zero attached hydrogens (tertiary/aromatic N) is 1. The summed E-state index contributed by atoms with van der Waals surface area (Å²) in [4.78, 5) is 19.0. The van der Waals surface area contributed by atoms with E-state index in [1.54, 1.807) is 36.7 Å². The number of hydrogen-bond donors (Lipinski definition) is 3. The van der Waals surface area contributed by atoms with Crippen molar-refractivity contribution in [2.24, 2.45) is 5.73 Å². The number of nitrogens with two attached hydrogens (primary N) is 1. The van der Waals surface area contributed by atoms with Crippen molar-refractivity contribution in [2.75, 3.05) is 0 Å². The van der Waals surface area contributed by atoms with Gasteiger partial charge in [0.25, 0.3) is 0 Å². The molecule has 3 aromatic rings. The van der Waals surface area contributed by atoms with Crippen LogP contribution in [-0.4, -0.2) is 21.0 Å². The summed E-state index contributed by atoms with van der Waals surface area (Å²) in [6.07, 6.45) is 5.09. The lowest BCUT2D eigenvalue weighted by atomic mass is 10.0. The fourth-order valence-electron chi connectivity index (χ4n) is 2.24. The molecule has 0 unspecified atom stereocenters. The van der Waals surface area contributed by atoms with Crippen molar-refractivity contribution in [1.29, 1.82) is 0 Å². The number of hydrogen-bond acceptors (Lipinski definition) is 3. The summed E-state index contributed by atoms with van der Waals surface area (Å²) < 4.78 is 0. The highest BCUT2D eigenvalue weighted by molar-refractivity contribution is 6.24. The minimum Gasteiger partial charge on any atom is -0.507 e. The molecule has 2 heterocycles. The van der Waals surface area contributed by atoms with Gasteiger partial charge in [0.1, 0.15) is 11.4 Å². The first kappa shape index (κ1) is 12.9. The molecule has 4 N–H and O–H groups in total. The van der Waals surface area contributed by atoms with E-state index in [9.17, 15) is 9.90 Å². The number of H-pyrrole nitrogens is 1. The number of primary amides is 1. The van der Waals surface area contributed by atoms with Crippen LogP contribution in [0.15, 0.2) is 48.8 Å². The molecule has 0 aliphatic rings. The summed E-state index contributed by atoms with van der Waals surface area (Å²) in [6.45, 7) is 0. The van der Waals surface area contributed by atoms with E-state index < -0.39 is 5.91 Å². The van der Waals surface area contributed by atoms with Crippen molar-refractivity contribution in [1.82, 2.24) is 9.97 Å². The maximum Gasteiger partial charge on any atom is 0.249 e. The Bertz CT molecular complexity index is 849. The van der Waals surface area contributed by atoms with Crippen LogP contribution in [0.1, 0.15) is 11.1 Å². The van der Waals surface area contributed by atoms with E-state index in [1.165, 1.54) is 6.07 Å². The molecule has 2 aromatic heterocycles. The third kappa shape index (κ3) is 2.36. The largest absolute Gasteiger partial charge is 0.507 e. The van der Waals surface area contributed by atoms with Crippen LogP contribution < -0.4 is 5.73 Å². The van der Waals surface area contributed by atoms with Crippen molar-refractivity contribution in [3.05, 3.63) is 59.9 Å². The Kier molecular flexibility index (Phi) is 3.16. The first-order chi connectivity index (χ1) is 10.2. The van der Waals surface area contributed by atoms with Gasteiger partial charge in [0, 0.05) is 28.9 Å². The molecule has 0 atom stereocenters. The summed E-state index contributed by atoms with van der Waals surface area (Å²) in [6, 6.07) is 10.3. The third-order valence-electron chi connectivity index (χ3n) is 3.24. The first-order valence-electron chi connectivity index (χ1n) is 6.39. The lowest BCUT2D eigenvalue weighted by Crippen LogP contribution is -2.12.